The van der Waals surface area contributed by atoms with Crippen molar-refractivity contribution in [2.45, 2.75) is 13.0 Å². The van der Waals surface area contributed by atoms with Gasteiger partial charge in [0, 0.05) is 19.2 Å². The van der Waals surface area contributed by atoms with Crippen LogP contribution >= 0.6 is 0 Å². The predicted octanol–water partition coefficient (Wildman–Crippen LogP) is 2.58. The first-order valence-corrected chi connectivity index (χ1v) is 5.85. The maximum atomic E-state index is 8.83. The first kappa shape index (κ1) is 10.6. The number of aryl methyl sites for hydroxylation is 1. The first-order chi connectivity index (χ1) is 8.86. The number of aromatic nitrogens is 1. The van der Waals surface area contributed by atoms with Gasteiger partial charge in [0.25, 0.3) is 0 Å². The Bertz CT molecular complexity index is 646. The van der Waals surface area contributed by atoms with Crippen molar-refractivity contribution in [3.8, 4) is 6.07 Å². The SMILES string of the molecule is N#Cc1cccc(N/N=C2/CCn3cccc32)c1. The van der Waals surface area contributed by atoms with Crippen molar-refractivity contribution >= 4 is 11.4 Å². The van der Waals surface area contributed by atoms with Crippen LogP contribution in [0.1, 0.15) is 17.7 Å². The molecular formula is C14H12N4. The van der Waals surface area contributed by atoms with Gasteiger partial charge in [-0.2, -0.15) is 10.4 Å². The van der Waals surface area contributed by atoms with Crippen LogP contribution in [0.3, 0.4) is 0 Å². The van der Waals surface area contributed by atoms with Crippen LogP contribution in [0.25, 0.3) is 0 Å². The molecule has 0 saturated carbocycles. The van der Waals surface area contributed by atoms with Gasteiger partial charge in [0.15, 0.2) is 0 Å². The average molecular weight is 236 g/mol. The number of hydrazone groups is 1. The van der Waals surface area contributed by atoms with E-state index in [0.717, 1.165) is 24.4 Å². The number of benzene rings is 1. The second-order valence-corrected chi connectivity index (χ2v) is 4.20. The van der Waals surface area contributed by atoms with Gasteiger partial charge >= 0.3 is 0 Å². The van der Waals surface area contributed by atoms with E-state index in [4.69, 9.17) is 5.26 Å². The quantitative estimate of drug-likeness (QED) is 0.815. The zero-order chi connectivity index (χ0) is 12.4. The Hall–Kier alpha value is -2.54. The molecule has 1 aromatic heterocycles. The first-order valence-electron chi connectivity index (χ1n) is 5.85. The summed E-state index contributed by atoms with van der Waals surface area (Å²) in [5.74, 6) is 0. The van der Waals surface area contributed by atoms with Gasteiger partial charge in [-0.25, -0.2) is 0 Å². The Morgan fingerprint density at radius 2 is 2.22 bits per heavy atom. The molecule has 18 heavy (non-hydrogen) atoms. The van der Waals surface area contributed by atoms with E-state index in [2.05, 4.69) is 33.4 Å². The molecule has 1 aliphatic heterocycles. The molecule has 2 aromatic rings. The molecule has 1 N–H and O–H groups in total. The summed E-state index contributed by atoms with van der Waals surface area (Å²) in [6.07, 6.45) is 3.01. The monoisotopic (exact) mass is 236 g/mol. The summed E-state index contributed by atoms with van der Waals surface area (Å²) >= 11 is 0. The van der Waals surface area contributed by atoms with Crippen molar-refractivity contribution in [2.75, 3.05) is 5.43 Å². The van der Waals surface area contributed by atoms with E-state index in [1.807, 2.05) is 18.2 Å². The molecule has 4 heteroatoms. The Kier molecular flexibility index (Phi) is 2.58. The lowest BCUT2D eigenvalue weighted by atomic mass is 10.2. The molecule has 0 atom stereocenters. The van der Waals surface area contributed by atoms with E-state index in [1.165, 1.54) is 5.69 Å². The van der Waals surface area contributed by atoms with Crippen LogP contribution in [0, 0.1) is 11.3 Å². The molecule has 3 rings (SSSR count). The molecule has 0 saturated heterocycles. The molecule has 1 aromatic carbocycles. The number of rotatable bonds is 2. The minimum atomic E-state index is 0.634. The van der Waals surface area contributed by atoms with Crippen molar-refractivity contribution in [1.29, 1.82) is 5.26 Å². The molecule has 0 radical (unpaired) electrons. The lowest BCUT2D eigenvalue weighted by Gasteiger charge is -2.02. The van der Waals surface area contributed by atoms with Crippen molar-refractivity contribution in [2.24, 2.45) is 5.10 Å². The van der Waals surface area contributed by atoms with Gasteiger partial charge < -0.3 is 4.57 Å². The van der Waals surface area contributed by atoms with E-state index >= 15 is 0 Å². The van der Waals surface area contributed by atoms with Gasteiger partial charge in [-0.05, 0) is 30.3 Å². The summed E-state index contributed by atoms with van der Waals surface area (Å²) < 4.78 is 2.19. The molecule has 2 heterocycles. The Labute approximate surface area is 105 Å². The van der Waals surface area contributed by atoms with E-state index in [9.17, 15) is 0 Å². The zero-order valence-electron chi connectivity index (χ0n) is 9.80. The summed E-state index contributed by atoms with van der Waals surface area (Å²) in [4.78, 5) is 0. The Morgan fingerprint density at radius 3 is 3.11 bits per heavy atom. The van der Waals surface area contributed by atoms with Crippen LogP contribution in [0.15, 0.2) is 47.7 Å². The molecule has 0 spiro atoms. The summed E-state index contributed by atoms with van der Waals surface area (Å²) in [6, 6.07) is 13.5. The van der Waals surface area contributed by atoms with Gasteiger partial charge in [0.2, 0.25) is 0 Å². The van der Waals surface area contributed by atoms with E-state index < -0.39 is 0 Å². The van der Waals surface area contributed by atoms with Crippen LogP contribution < -0.4 is 5.43 Å². The number of anilines is 1. The normalized spacial score (nSPS) is 15.4. The molecule has 4 nitrogen and oxygen atoms in total. The maximum Gasteiger partial charge on any atom is 0.0992 e. The molecule has 0 unspecified atom stereocenters. The van der Waals surface area contributed by atoms with E-state index in [0.29, 0.717) is 5.56 Å². The lowest BCUT2D eigenvalue weighted by molar-refractivity contribution is 0.771. The summed E-state index contributed by atoms with van der Waals surface area (Å²) in [6.45, 7) is 0.987. The molecule has 88 valence electrons. The van der Waals surface area contributed by atoms with Crippen LogP contribution in [0.4, 0.5) is 5.69 Å². The van der Waals surface area contributed by atoms with Gasteiger partial charge in [0.05, 0.1) is 28.7 Å². The van der Waals surface area contributed by atoms with Gasteiger partial charge in [-0.3, -0.25) is 5.43 Å². The average Bonchev–Trinajstić information content (AvgIpc) is 3.00. The second-order valence-electron chi connectivity index (χ2n) is 4.20. The third-order valence-electron chi connectivity index (χ3n) is 3.03. The highest BCUT2D eigenvalue weighted by molar-refractivity contribution is 6.01. The number of fused-ring (bicyclic) bond motifs is 1. The van der Waals surface area contributed by atoms with Crippen molar-refractivity contribution in [1.82, 2.24) is 4.57 Å². The number of hydrogen-bond acceptors (Lipinski definition) is 3. The maximum absolute atomic E-state index is 8.83. The minimum absolute atomic E-state index is 0.634. The second kappa shape index (κ2) is 4.38. The fourth-order valence-corrected chi connectivity index (χ4v) is 2.13. The highest BCUT2D eigenvalue weighted by Gasteiger charge is 2.16. The fraction of sp³-hybridized carbons (Fsp3) is 0.143. The fourth-order valence-electron chi connectivity index (χ4n) is 2.13. The third-order valence-corrected chi connectivity index (χ3v) is 3.03. The van der Waals surface area contributed by atoms with Crippen molar-refractivity contribution in [3.63, 3.8) is 0 Å². The molecule has 0 aliphatic carbocycles. The van der Waals surface area contributed by atoms with Crippen LogP contribution in [0.5, 0.6) is 0 Å². The smallest absolute Gasteiger partial charge is 0.0992 e. The minimum Gasteiger partial charge on any atom is -0.346 e. The Balaban J connectivity index is 1.81. The van der Waals surface area contributed by atoms with Gasteiger partial charge in [-0.15, -0.1) is 0 Å². The van der Waals surface area contributed by atoms with Crippen molar-refractivity contribution in [3.05, 3.63) is 53.9 Å². The van der Waals surface area contributed by atoms with Gasteiger partial charge in [-0.1, -0.05) is 6.07 Å². The molecule has 1 aliphatic rings. The number of nitrogens with one attached hydrogen (secondary N) is 1. The third kappa shape index (κ3) is 1.87. The highest BCUT2D eigenvalue weighted by Crippen LogP contribution is 2.17. The zero-order valence-corrected chi connectivity index (χ0v) is 9.80. The summed E-state index contributed by atoms with van der Waals surface area (Å²) in [7, 11) is 0. The number of hydrogen-bond donors (Lipinski definition) is 1. The summed E-state index contributed by atoms with van der Waals surface area (Å²) in [5, 5.41) is 13.2. The topological polar surface area (TPSA) is 53.1 Å². The van der Waals surface area contributed by atoms with Crippen LogP contribution in [-0.4, -0.2) is 10.3 Å². The largest absolute Gasteiger partial charge is 0.346 e. The molecule has 0 fully saturated rings. The molecular weight excluding hydrogens is 224 g/mol. The standard InChI is InChI=1S/C14H12N4/c15-10-11-3-1-4-12(9-11)16-17-13-6-8-18-7-2-5-14(13)18/h1-5,7,9,16H,6,8H2/b17-13-. The lowest BCUT2D eigenvalue weighted by Crippen LogP contribution is -1.99. The highest BCUT2D eigenvalue weighted by atomic mass is 15.3. The Morgan fingerprint density at radius 1 is 1.28 bits per heavy atom. The summed E-state index contributed by atoms with van der Waals surface area (Å²) in [5.41, 5.74) is 6.71. The van der Waals surface area contributed by atoms with Gasteiger partial charge in [0.1, 0.15) is 0 Å². The van der Waals surface area contributed by atoms with E-state index in [1.54, 1.807) is 12.1 Å². The van der Waals surface area contributed by atoms with E-state index in [-0.39, 0.29) is 0 Å². The number of nitriles is 1. The van der Waals surface area contributed by atoms with Crippen molar-refractivity contribution < 1.29 is 0 Å². The molecule has 0 amide bonds. The predicted molar refractivity (Wildman–Crippen MR) is 70.4 cm³/mol. The molecule has 0 bridgehead atoms. The van der Waals surface area contributed by atoms with Crippen LogP contribution in [0.2, 0.25) is 0 Å². The number of nitrogens with zero attached hydrogens (tertiary/aromatic N) is 3. The van der Waals surface area contributed by atoms with Crippen LogP contribution in [-0.2, 0) is 6.54 Å².